The van der Waals surface area contributed by atoms with Crippen LogP contribution in [0.4, 0.5) is 0 Å². The van der Waals surface area contributed by atoms with Crippen molar-refractivity contribution in [3.63, 3.8) is 0 Å². The summed E-state index contributed by atoms with van der Waals surface area (Å²) in [5, 5.41) is 56.1. The van der Waals surface area contributed by atoms with Gasteiger partial charge in [0.05, 0.1) is 37.8 Å². The van der Waals surface area contributed by atoms with Crippen LogP contribution in [0.1, 0.15) is 99.0 Å². The molecule has 7 amide bonds. The van der Waals surface area contributed by atoms with Gasteiger partial charge in [-0.25, -0.2) is 4.79 Å². The van der Waals surface area contributed by atoms with Crippen LogP contribution in [-0.2, 0) is 49.5 Å². The third kappa shape index (κ3) is 19.8. The van der Waals surface area contributed by atoms with E-state index in [2.05, 4.69) is 38.8 Å². The summed E-state index contributed by atoms with van der Waals surface area (Å²) >= 11 is 0. The normalized spacial score (nSPS) is 19.7. The summed E-state index contributed by atoms with van der Waals surface area (Å²) in [6, 6.07) is -2.52. The Morgan fingerprint density at radius 3 is 2.06 bits per heavy atom. The number of hydrogen-bond donors (Lipinski definition) is 10. The fourth-order valence-corrected chi connectivity index (χ4v) is 7.08. The predicted molar refractivity (Wildman–Crippen MR) is 252 cm³/mol. The monoisotopic (exact) mass is 958 g/mol. The second-order valence-corrected chi connectivity index (χ2v) is 18.1. The number of esters is 1. The fourth-order valence-electron chi connectivity index (χ4n) is 7.08. The maximum absolute atomic E-state index is 13.8. The zero-order valence-corrected chi connectivity index (χ0v) is 40.7. The van der Waals surface area contributed by atoms with Gasteiger partial charge in [-0.3, -0.25) is 33.6 Å². The van der Waals surface area contributed by atoms with Gasteiger partial charge in [-0.1, -0.05) is 98.1 Å². The summed E-state index contributed by atoms with van der Waals surface area (Å²) in [6.45, 7) is 10.0. The number of allylic oxidation sites excluding steroid dienone is 1. The van der Waals surface area contributed by atoms with Crippen LogP contribution in [0.5, 0.6) is 5.75 Å². The second-order valence-electron chi connectivity index (χ2n) is 18.1. The van der Waals surface area contributed by atoms with Gasteiger partial charge in [0.15, 0.2) is 0 Å². The van der Waals surface area contributed by atoms with Crippen LogP contribution < -0.4 is 31.9 Å². The Morgan fingerprint density at radius 1 is 0.824 bits per heavy atom. The van der Waals surface area contributed by atoms with Crippen LogP contribution in [0.15, 0.2) is 48.6 Å². The minimum atomic E-state index is -1.69. The third-order valence-electron chi connectivity index (χ3n) is 11.3. The number of nitrogens with zero attached hydrogens (tertiary/aromatic N) is 1. The van der Waals surface area contributed by atoms with Crippen molar-refractivity contribution in [2.75, 3.05) is 26.9 Å². The van der Waals surface area contributed by atoms with Gasteiger partial charge in [-0.2, -0.15) is 0 Å². The Morgan fingerprint density at radius 2 is 1.47 bits per heavy atom. The molecule has 1 aromatic carbocycles. The fraction of sp³-hybridized carbons (Fsp3) is 0.625. The average Bonchev–Trinajstić information content (AvgIpc) is 3.28. The molecule has 1 heterocycles. The minimum absolute atomic E-state index is 0.000292. The number of phenolic OH excluding ortho intramolecular Hbond substituents is 1. The number of unbranched alkanes of at least 4 members (excludes halogenated alkanes) is 4. The molecule has 1 aromatic rings. The third-order valence-corrected chi connectivity index (χ3v) is 11.3. The van der Waals surface area contributed by atoms with Crippen molar-refractivity contribution >= 4 is 47.3 Å². The molecule has 20 nitrogen and oxygen atoms in total. The highest BCUT2D eigenvalue weighted by Crippen LogP contribution is 2.18. The number of cyclic esters (lactones) is 1. The quantitative estimate of drug-likeness (QED) is 0.0361. The Labute approximate surface area is 399 Å². The van der Waals surface area contributed by atoms with E-state index < -0.39 is 134 Å². The summed E-state index contributed by atoms with van der Waals surface area (Å²) in [5.74, 6) is -7.25. The molecule has 20 heteroatoms. The van der Waals surface area contributed by atoms with Gasteiger partial charge in [-0.15, -0.1) is 0 Å². The Hall–Kier alpha value is -5.86. The van der Waals surface area contributed by atoms with E-state index >= 15 is 0 Å². The molecule has 8 atom stereocenters. The molecule has 0 aromatic heterocycles. The molecule has 0 saturated carbocycles. The van der Waals surface area contributed by atoms with Crippen molar-refractivity contribution in [2.45, 2.75) is 148 Å². The number of amides is 7. The van der Waals surface area contributed by atoms with E-state index in [-0.39, 0.29) is 24.5 Å². The summed E-state index contributed by atoms with van der Waals surface area (Å²) in [4.78, 5) is 108. The van der Waals surface area contributed by atoms with Crippen molar-refractivity contribution in [3.8, 4) is 5.75 Å². The number of carbonyl (C=O) groups excluding carboxylic acids is 8. The summed E-state index contributed by atoms with van der Waals surface area (Å²) < 4.78 is 5.63. The van der Waals surface area contributed by atoms with Crippen LogP contribution in [0.25, 0.3) is 0 Å². The highest BCUT2D eigenvalue weighted by atomic mass is 16.5. The van der Waals surface area contributed by atoms with Gasteiger partial charge in [0, 0.05) is 26.0 Å². The molecule has 2 rings (SSSR count). The average molecular weight is 958 g/mol. The molecule has 1 aliphatic rings. The van der Waals surface area contributed by atoms with Crippen molar-refractivity contribution < 1.29 is 63.5 Å². The molecule has 0 radical (unpaired) electrons. The number of hydrogen-bond acceptors (Lipinski definition) is 13. The predicted octanol–water partition coefficient (Wildman–Crippen LogP) is 0.404. The molecular weight excluding hydrogens is 883 g/mol. The lowest BCUT2D eigenvalue weighted by Crippen LogP contribution is -2.59. The molecule has 380 valence electrons. The van der Waals surface area contributed by atoms with Crippen molar-refractivity contribution in [3.05, 3.63) is 54.1 Å². The van der Waals surface area contributed by atoms with Gasteiger partial charge in [0.2, 0.25) is 41.4 Å². The number of carbonyl (C=O) groups is 8. The largest absolute Gasteiger partial charge is 0.508 e. The minimum Gasteiger partial charge on any atom is -0.508 e. The number of aliphatic hydroxyl groups excluding tert-OH is 3. The first-order valence-corrected chi connectivity index (χ1v) is 23.4. The number of phenols is 1. The van der Waals surface area contributed by atoms with Crippen LogP contribution in [-0.4, -0.2) is 148 Å². The van der Waals surface area contributed by atoms with E-state index in [0.717, 1.165) is 38.2 Å². The van der Waals surface area contributed by atoms with Crippen molar-refractivity contribution in [1.82, 2.24) is 36.8 Å². The number of aliphatic hydroxyl groups is 3. The first-order valence-electron chi connectivity index (χ1n) is 23.4. The highest BCUT2D eigenvalue weighted by molar-refractivity contribution is 5.95. The molecule has 0 spiro atoms. The lowest BCUT2D eigenvalue weighted by Gasteiger charge is -2.32. The zero-order chi connectivity index (χ0) is 51.1. The molecule has 0 unspecified atom stereocenters. The van der Waals surface area contributed by atoms with E-state index in [9.17, 15) is 58.8 Å². The van der Waals surface area contributed by atoms with Crippen LogP contribution in [0, 0.1) is 17.8 Å². The number of nitrogens with one attached hydrogen (secondary N) is 6. The molecule has 0 saturated heterocycles. The molecule has 0 aliphatic carbocycles. The smallest absolute Gasteiger partial charge is 0.329 e. The van der Waals surface area contributed by atoms with Crippen LogP contribution >= 0.6 is 0 Å². The maximum atomic E-state index is 13.8. The molecule has 68 heavy (non-hydrogen) atoms. The molecule has 0 fully saturated rings. The highest BCUT2D eigenvalue weighted by Gasteiger charge is 2.37. The van der Waals surface area contributed by atoms with E-state index in [1.807, 2.05) is 6.08 Å². The molecule has 0 bridgehead atoms. The Balaban J connectivity index is 2.14. The maximum Gasteiger partial charge on any atom is 0.329 e. The van der Waals surface area contributed by atoms with E-state index in [1.54, 1.807) is 59.8 Å². The van der Waals surface area contributed by atoms with Gasteiger partial charge >= 0.3 is 5.97 Å². The molecular formula is C48H75N7O13. The number of rotatable bonds is 25. The Kier molecular flexibility index (Phi) is 25.5. The number of benzene rings is 1. The van der Waals surface area contributed by atoms with E-state index in [0.29, 0.717) is 5.56 Å². The van der Waals surface area contributed by atoms with Crippen LogP contribution in [0.2, 0.25) is 0 Å². The van der Waals surface area contributed by atoms with E-state index in [4.69, 9.17) is 4.74 Å². The van der Waals surface area contributed by atoms with Crippen LogP contribution in [0.3, 0.4) is 0 Å². The van der Waals surface area contributed by atoms with Gasteiger partial charge in [0.1, 0.15) is 42.6 Å². The van der Waals surface area contributed by atoms with E-state index in [1.165, 1.54) is 30.2 Å². The Bertz CT molecular complexity index is 1890. The zero-order valence-electron chi connectivity index (χ0n) is 40.7. The van der Waals surface area contributed by atoms with Crippen molar-refractivity contribution in [1.29, 1.82) is 0 Å². The SMILES string of the molecule is CCCCCC/C=C\CC(=O)N[C@@H](CO)C(=O)N[C@H](C(=O)N[C@@H](CO)[C@@H](O)CC(=O)N[C@H](C(=O)N[C@@H]1/C=C/C(=O)N[C@@H](C(C)C)C(=O)N(C)[C@@H](Cc2ccc(O)cc2)C(=O)OC1)C(C)C)C(C)C. The first kappa shape index (κ1) is 58.3. The van der Waals surface area contributed by atoms with Gasteiger partial charge < -0.3 is 62.0 Å². The summed E-state index contributed by atoms with van der Waals surface area (Å²) in [7, 11) is 1.42. The van der Waals surface area contributed by atoms with Crippen molar-refractivity contribution in [2.24, 2.45) is 17.8 Å². The number of ether oxygens (including phenoxy) is 1. The standard InChI is InChI=1S/C48H75N7O13/c1-9-10-11-12-13-14-15-16-38(60)50-35(26-57)44(63)54-42(29(4)5)46(65)51-34(25-56)37(59)24-40(62)53-41(28(2)3)45(64)49-32-19-22-39(61)52-43(30(6)7)47(66)55(8)36(48(67)68-27-32)23-31-17-20-33(58)21-18-31/h14-15,17-22,28-30,32,34-37,41-43,56-59H,9-13,16,23-27H2,1-8H3,(H,49,64)(H,50,60)(H,51,65)(H,52,61)(H,53,62)(H,54,63)/b15-14-,22-19+/t32-,34+,35+,36+,37+,41+,42+,43+/m1/s1. The van der Waals surface area contributed by atoms with Gasteiger partial charge in [0.25, 0.3) is 0 Å². The topological polar surface area (TPSA) is 302 Å². The lowest BCUT2D eigenvalue weighted by atomic mass is 9.99. The molecule has 10 N–H and O–H groups in total. The number of likely N-dealkylation sites (N-methyl/N-ethyl adjacent to an activating group) is 1. The summed E-state index contributed by atoms with van der Waals surface area (Å²) in [5.41, 5.74) is 0.602. The second kappa shape index (κ2) is 29.8. The lowest BCUT2D eigenvalue weighted by molar-refractivity contribution is -0.156. The summed E-state index contributed by atoms with van der Waals surface area (Å²) in [6.07, 6.45) is 8.67. The van der Waals surface area contributed by atoms with Gasteiger partial charge in [-0.05, 0) is 48.3 Å². The first-order chi connectivity index (χ1) is 32.1. The number of aromatic hydroxyl groups is 1. The molecule has 1 aliphatic heterocycles.